The molecule has 1 atom stereocenters. The van der Waals surface area contributed by atoms with E-state index in [1.807, 2.05) is 19.1 Å². The van der Waals surface area contributed by atoms with Gasteiger partial charge in [-0.1, -0.05) is 70.2 Å². The number of fused-ring (bicyclic) bond motifs is 1. The van der Waals surface area contributed by atoms with Crippen LogP contribution >= 0.6 is 0 Å². The molecule has 1 heterocycles. The number of ether oxygens (including phenoxy) is 1. The molecule has 0 aliphatic carbocycles. The second kappa shape index (κ2) is 8.84. The SMILES string of the molecule is CCCn1nc(C(=O)OC(C)C(=O)c2ccc(C(C)(C)C)cc2)c2ccccc2c1=O. The van der Waals surface area contributed by atoms with Gasteiger partial charge in [0.05, 0.1) is 5.39 Å². The number of esters is 1. The van der Waals surface area contributed by atoms with Crippen LogP contribution in [0.4, 0.5) is 0 Å². The fraction of sp³-hybridized carbons (Fsp3) is 0.360. The van der Waals surface area contributed by atoms with E-state index in [0.717, 1.165) is 5.56 Å². The quantitative estimate of drug-likeness (QED) is 0.432. The number of hydrogen-bond donors (Lipinski definition) is 0. The Morgan fingerprint density at radius 1 is 1.03 bits per heavy atom. The number of ketones is 1. The molecule has 6 nitrogen and oxygen atoms in total. The van der Waals surface area contributed by atoms with Crippen LogP contribution < -0.4 is 5.56 Å². The maximum Gasteiger partial charge on any atom is 0.360 e. The first-order valence-electron chi connectivity index (χ1n) is 10.5. The summed E-state index contributed by atoms with van der Waals surface area (Å²) in [6, 6.07) is 14.1. The summed E-state index contributed by atoms with van der Waals surface area (Å²) in [7, 11) is 0. The zero-order chi connectivity index (χ0) is 22.8. The zero-order valence-electron chi connectivity index (χ0n) is 18.6. The van der Waals surface area contributed by atoms with E-state index in [1.165, 1.54) is 4.68 Å². The number of hydrogen-bond acceptors (Lipinski definition) is 5. The molecule has 3 rings (SSSR count). The highest BCUT2D eigenvalue weighted by atomic mass is 16.5. The van der Waals surface area contributed by atoms with Crippen molar-refractivity contribution in [3.05, 3.63) is 75.7 Å². The average Bonchev–Trinajstić information content (AvgIpc) is 2.74. The minimum absolute atomic E-state index is 0.0199. The lowest BCUT2D eigenvalue weighted by atomic mass is 9.86. The molecule has 31 heavy (non-hydrogen) atoms. The number of rotatable bonds is 6. The molecule has 1 unspecified atom stereocenters. The summed E-state index contributed by atoms with van der Waals surface area (Å²) in [5.41, 5.74) is 1.35. The first-order chi connectivity index (χ1) is 14.6. The van der Waals surface area contributed by atoms with Crippen LogP contribution in [-0.4, -0.2) is 27.6 Å². The van der Waals surface area contributed by atoms with Gasteiger partial charge in [-0.15, -0.1) is 0 Å². The molecule has 0 N–H and O–H groups in total. The summed E-state index contributed by atoms with van der Waals surface area (Å²) in [6.45, 7) is 10.2. The lowest BCUT2D eigenvalue weighted by Gasteiger charge is -2.19. The third kappa shape index (κ3) is 4.74. The number of Topliss-reactive ketones (excluding diaryl/α,β-unsaturated/α-hetero) is 1. The van der Waals surface area contributed by atoms with E-state index >= 15 is 0 Å². The Kier molecular flexibility index (Phi) is 6.39. The van der Waals surface area contributed by atoms with Crippen LogP contribution in [0.5, 0.6) is 0 Å². The molecule has 0 fully saturated rings. The molecule has 0 aliphatic rings. The summed E-state index contributed by atoms with van der Waals surface area (Å²) in [5, 5.41) is 5.05. The van der Waals surface area contributed by atoms with Crippen molar-refractivity contribution >= 4 is 22.5 Å². The van der Waals surface area contributed by atoms with E-state index < -0.39 is 12.1 Å². The molecule has 2 aromatic carbocycles. The van der Waals surface area contributed by atoms with Gasteiger partial charge in [-0.05, 0) is 30.4 Å². The number of nitrogens with zero attached hydrogens (tertiary/aromatic N) is 2. The summed E-state index contributed by atoms with van der Waals surface area (Å²) in [4.78, 5) is 38.3. The molecule has 0 saturated heterocycles. The van der Waals surface area contributed by atoms with Gasteiger partial charge in [0.15, 0.2) is 11.8 Å². The zero-order valence-corrected chi connectivity index (χ0v) is 18.6. The second-order valence-electron chi connectivity index (χ2n) is 8.66. The van der Waals surface area contributed by atoms with Crippen molar-refractivity contribution in [3.8, 4) is 0 Å². The monoisotopic (exact) mass is 420 g/mol. The van der Waals surface area contributed by atoms with Crippen LogP contribution in [-0.2, 0) is 16.7 Å². The summed E-state index contributed by atoms with van der Waals surface area (Å²) >= 11 is 0. The van der Waals surface area contributed by atoms with E-state index in [-0.39, 0.29) is 22.5 Å². The summed E-state index contributed by atoms with van der Waals surface area (Å²) in [6.07, 6.45) is -0.292. The standard InChI is InChI=1S/C25H28N2O4/c1-6-15-27-23(29)20-10-8-7-9-19(20)21(26-27)24(30)31-16(2)22(28)17-11-13-18(14-12-17)25(3,4)5/h7-14,16H,6,15H2,1-5H3. The topological polar surface area (TPSA) is 78.3 Å². The van der Waals surface area contributed by atoms with Gasteiger partial charge in [0, 0.05) is 17.5 Å². The van der Waals surface area contributed by atoms with Crippen molar-refractivity contribution in [3.63, 3.8) is 0 Å². The lowest BCUT2D eigenvalue weighted by Crippen LogP contribution is -2.29. The molecule has 0 bridgehead atoms. The van der Waals surface area contributed by atoms with Crippen LogP contribution in [0.25, 0.3) is 10.8 Å². The number of aromatic nitrogens is 2. The van der Waals surface area contributed by atoms with Gasteiger partial charge in [0.2, 0.25) is 5.78 Å². The minimum Gasteiger partial charge on any atom is -0.449 e. The highest BCUT2D eigenvalue weighted by molar-refractivity contribution is 6.05. The third-order valence-electron chi connectivity index (χ3n) is 5.18. The normalized spacial score (nSPS) is 12.5. The van der Waals surface area contributed by atoms with E-state index in [9.17, 15) is 14.4 Å². The Balaban J connectivity index is 1.87. The van der Waals surface area contributed by atoms with E-state index in [4.69, 9.17) is 4.74 Å². The van der Waals surface area contributed by atoms with Crippen LogP contribution in [0.15, 0.2) is 53.3 Å². The number of benzene rings is 2. The minimum atomic E-state index is -0.986. The third-order valence-corrected chi connectivity index (χ3v) is 5.18. The Bertz CT molecular complexity index is 1170. The highest BCUT2D eigenvalue weighted by Gasteiger charge is 2.24. The van der Waals surface area contributed by atoms with Crippen molar-refractivity contribution in [1.82, 2.24) is 9.78 Å². The largest absolute Gasteiger partial charge is 0.449 e. The van der Waals surface area contributed by atoms with Crippen molar-refractivity contribution in [2.75, 3.05) is 0 Å². The highest BCUT2D eigenvalue weighted by Crippen LogP contribution is 2.23. The maximum atomic E-state index is 12.9. The van der Waals surface area contributed by atoms with Crippen LogP contribution in [0, 0.1) is 0 Å². The predicted octanol–water partition coefficient (Wildman–Crippen LogP) is 4.53. The molecule has 162 valence electrons. The molecule has 0 aliphatic heterocycles. The van der Waals surface area contributed by atoms with Gasteiger partial charge < -0.3 is 4.74 Å². The molecule has 0 radical (unpaired) electrons. The van der Waals surface area contributed by atoms with Gasteiger partial charge >= 0.3 is 5.97 Å². The molecule has 0 amide bonds. The maximum absolute atomic E-state index is 12.9. The lowest BCUT2D eigenvalue weighted by molar-refractivity contribution is 0.0313. The molecule has 0 spiro atoms. The Labute approximate surface area is 181 Å². The first kappa shape index (κ1) is 22.4. The van der Waals surface area contributed by atoms with Crippen molar-refractivity contribution in [2.45, 2.75) is 59.1 Å². The predicted molar refractivity (Wildman–Crippen MR) is 121 cm³/mol. The van der Waals surface area contributed by atoms with Gasteiger partial charge in [-0.3, -0.25) is 9.59 Å². The van der Waals surface area contributed by atoms with Gasteiger partial charge in [-0.2, -0.15) is 5.10 Å². The average molecular weight is 421 g/mol. The van der Waals surface area contributed by atoms with Crippen LogP contribution in [0.3, 0.4) is 0 Å². The van der Waals surface area contributed by atoms with Crippen molar-refractivity contribution in [2.24, 2.45) is 0 Å². The molecule has 3 aromatic rings. The number of aryl methyl sites for hydroxylation is 1. The Morgan fingerprint density at radius 2 is 1.65 bits per heavy atom. The van der Waals surface area contributed by atoms with Crippen molar-refractivity contribution in [1.29, 1.82) is 0 Å². The smallest absolute Gasteiger partial charge is 0.360 e. The van der Waals surface area contributed by atoms with Gasteiger partial charge in [-0.25, -0.2) is 9.48 Å². The number of carbonyl (C=O) groups is 2. The first-order valence-corrected chi connectivity index (χ1v) is 10.5. The van der Waals surface area contributed by atoms with Gasteiger partial charge in [0.25, 0.3) is 5.56 Å². The van der Waals surface area contributed by atoms with E-state index in [0.29, 0.717) is 29.3 Å². The summed E-state index contributed by atoms with van der Waals surface area (Å²) in [5.74, 6) is -1.02. The fourth-order valence-corrected chi connectivity index (χ4v) is 3.39. The van der Waals surface area contributed by atoms with Crippen LogP contribution in [0.1, 0.15) is 67.4 Å². The molecular weight excluding hydrogens is 392 g/mol. The number of carbonyl (C=O) groups excluding carboxylic acids is 2. The van der Waals surface area contributed by atoms with E-state index in [2.05, 4.69) is 25.9 Å². The Morgan fingerprint density at radius 3 is 2.23 bits per heavy atom. The summed E-state index contributed by atoms with van der Waals surface area (Å²) < 4.78 is 6.74. The van der Waals surface area contributed by atoms with Crippen molar-refractivity contribution < 1.29 is 14.3 Å². The molecule has 0 saturated carbocycles. The fourth-order valence-electron chi connectivity index (χ4n) is 3.39. The molecule has 1 aromatic heterocycles. The molecular formula is C25H28N2O4. The molecule has 6 heteroatoms. The Hall–Kier alpha value is -3.28. The van der Waals surface area contributed by atoms with Crippen LogP contribution in [0.2, 0.25) is 0 Å². The van der Waals surface area contributed by atoms with E-state index in [1.54, 1.807) is 43.3 Å². The second-order valence-corrected chi connectivity index (χ2v) is 8.66. The van der Waals surface area contributed by atoms with Gasteiger partial charge in [0.1, 0.15) is 0 Å².